The lowest BCUT2D eigenvalue weighted by atomic mass is 9.84. The summed E-state index contributed by atoms with van der Waals surface area (Å²) in [5, 5.41) is 0. The molecule has 1 aliphatic rings. The highest BCUT2D eigenvalue weighted by Crippen LogP contribution is 2.40. The second-order valence-corrected chi connectivity index (χ2v) is 5.70. The van der Waals surface area contributed by atoms with Crippen LogP contribution in [-0.4, -0.2) is 0 Å². The van der Waals surface area contributed by atoms with Gasteiger partial charge < -0.3 is 4.42 Å². The molecule has 84 valence electrons. The van der Waals surface area contributed by atoms with Crippen molar-refractivity contribution in [2.75, 3.05) is 0 Å². The lowest BCUT2D eigenvalue weighted by Gasteiger charge is -2.21. The monoisotopic (exact) mass is 206 g/mol. The molecule has 1 aromatic rings. The third-order valence-electron chi connectivity index (χ3n) is 3.75. The minimum absolute atomic E-state index is 0.506. The van der Waals surface area contributed by atoms with Crippen molar-refractivity contribution in [3.05, 3.63) is 23.7 Å². The first-order chi connectivity index (χ1) is 7.09. The summed E-state index contributed by atoms with van der Waals surface area (Å²) >= 11 is 0. The molecule has 15 heavy (non-hydrogen) atoms. The van der Waals surface area contributed by atoms with Gasteiger partial charge in [-0.1, -0.05) is 33.6 Å². The summed E-state index contributed by atoms with van der Waals surface area (Å²) in [6, 6.07) is 2.24. The van der Waals surface area contributed by atoms with Crippen LogP contribution in [0.4, 0.5) is 0 Å². The van der Waals surface area contributed by atoms with Crippen LogP contribution >= 0.6 is 0 Å². The smallest absolute Gasteiger partial charge is 0.104 e. The summed E-state index contributed by atoms with van der Waals surface area (Å²) < 4.78 is 5.65. The normalized spacial score (nSPS) is 20.0. The van der Waals surface area contributed by atoms with Gasteiger partial charge in [0.05, 0.1) is 6.26 Å². The lowest BCUT2D eigenvalue weighted by molar-refractivity contribution is 0.305. The molecule has 0 N–H and O–H groups in total. The van der Waals surface area contributed by atoms with Gasteiger partial charge in [0.1, 0.15) is 5.76 Å². The van der Waals surface area contributed by atoms with E-state index in [4.69, 9.17) is 4.42 Å². The second-order valence-electron chi connectivity index (χ2n) is 5.70. The third kappa shape index (κ3) is 2.45. The van der Waals surface area contributed by atoms with Gasteiger partial charge in [0.2, 0.25) is 0 Å². The van der Waals surface area contributed by atoms with E-state index in [9.17, 15) is 0 Å². The first kappa shape index (κ1) is 10.8. The van der Waals surface area contributed by atoms with Gasteiger partial charge in [-0.15, -0.1) is 0 Å². The fraction of sp³-hybridized carbons (Fsp3) is 0.714. The van der Waals surface area contributed by atoms with Gasteiger partial charge in [-0.05, 0) is 35.8 Å². The standard InChI is InChI=1S/C14H22O/c1-11(2)12-8-13(15-10-12)9-14(3)6-4-5-7-14/h8,10-11H,4-7,9H2,1-3H3. The van der Waals surface area contributed by atoms with E-state index in [1.165, 1.54) is 37.0 Å². The first-order valence-corrected chi connectivity index (χ1v) is 6.16. The minimum Gasteiger partial charge on any atom is -0.469 e. The summed E-state index contributed by atoms with van der Waals surface area (Å²) in [5.41, 5.74) is 1.85. The van der Waals surface area contributed by atoms with Crippen LogP contribution in [0.3, 0.4) is 0 Å². The van der Waals surface area contributed by atoms with Gasteiger partial charge in [-0.3, -0.25) is 0 Å². The van der Waals surface area contributed by atoms with Crippen molar-refractivity contribution in [1.29, 1.82) is 0 Å². The molecule has 0 aromatic carbocycles. The Bertz CT molecular complexity index is 316. The Hall–Kier alpha value is -0.720. The molecule has 1 heterocycles. The Morgan fingerprint density at radius 2 is 2.00 bits per heavy atom. The molecular formula is C14H22O. The molecule has 1 nitrogen and oxygen atoms in total. The van der Waals surface area contributed by atoms with Crippen molar-refractivity contribution in [2.24, 2.45) is 5.41 Å². The second kappa shape index (κ2) is 4.03. The largest absolute Gasteiger partial charge is 0.469 e. The zero-order chi connectivity index (χ0) is 10.9. The summed E-state index contributed by atoms with van der Waals surface area (Å²) in [6.45, 7) is 6.83. The maximum Gasteiger partial charge on any atom is 0.104 e. The highest BCUT2D eigenvalue weighted by Gasteiger charge is 2.29. The zero-order valence-corrected chi connectivity index (χ0v) is 10.2. The molecule has 0 aliphatic heterocycles. The van der Waals surface area contributed by atoms with E-state index in [2.05, 4.69) is 26.8 Å². The van der Waals surface area contributed by atoms with Crippen LogP contribution < -0.4 is 0 Å². The van der Waals surface area contributed by atoms with Crippen LogP contribution in [0, 0.1) is 5.41 Å². The van der Waals surface area contributed by atoms with Gasteiger partial charge in [-0.2, -0.15) is 0 Å². The minimum atomic E-state index is 0.506. The Balaban J connectivity index is 2.04. The van der Waals surface area contributed by atoms with E-state index in [-0.39, 0.29) is 0 Å². The third-order valence-corrected chi connectivity index (χ3v) is 3.75. The van der Waals surface area contributed by atoms with Crippen molar-refractivity contribution in [2.45, 2.75) is 58.8 Å². The van der Waals surface area contributed by atoms with Crippen LogP contribution in [0.2, 0.25) is 0 Å². The molecule has 0 saturated heterocycles. The topological polar surface area (TPSA) is 13.1 Å². The number of hydrogen-bond donors (Lipinski definition) is 0. The maximum atomic E-state index is 5.65. The summed E-state index contributed by atoms with van der Waals surface area (Å²) in [6.07, 6.45) is 8.58. The van der Waals surface area contributed by atoms with Crippen LogP contribution in [-0.2, 0) is 6.42 Å². The number of hydrogen-bond acceptors (Lipinski definition) is 1. The van der Waals surface area contributed by atoms with Gasteiger partial charge in [0.25, 0.3) is 0 Å². The van der Waals surface area contributed by atoms with Crippen molar-refractivity contribution >= 4 is 0 Å². The fourth-order valence-electron chi connectivity index (χ4n) is 2.62. The first-order valence-electron chi connectivity index (χ1n) is 6.16. The molecule has 0 radical (unpaired) electrons. The van der Waals surface area contributed by atoms with Crippen LogP contribution in [0.5, 0.6) is 0 Å². The molecule has 1 aliphatic carbocycles. The van der Waals surface area contributed by atoms with Gasteiger partial charge in [0.15, 0.2) is 0 Å². The molecule has 0 amide bonds. The van der Waals surface area contributed by atoms with E-state index >= 15 is 0 Å². The SMILES string of the molecule is CC(C)c1coc(CC2(C)CCCC2)c1. The van der Waals surface area contributed by atoms with Gasteiger partial charge >= 0.3 is 0 Å². The quantitative estimate of drug-likeness (QED) is 0.708. The average molecular weight is 206 g/mol. The van der Waals surface area contributed by atoms with Crippen LogP contribution in [0.15, 0.2) is 16.7 Å². The molecular weight excluding hydrogens is 184 g/mol. The Morgan fingerprint density at radius 1 is 1.33 bits per heavy atom. The van der Waals surface area contributed by atoms with E-state index in [1.54, 1.807) is 0 Å². The lowest BCUT2D eigenvalue weighted by Crippen LogP contribution is -2.13. The summed E-state index contributed by atoms with van der Waals surface area (Å²) in [7, 11) is 0. The maximum absolute atomic E-state index is 5.65. The Labute approximate surface area is 92.9 Å². The zero-order valence-electron chi connectivity index (χ0n) is 10.2. The summed E-state index contributed by atoms with van der Waals surface area (Å²) in [5.74, 6) is 1.77. The predicted octanol–water partition coefficient (Wildman–Crippen LogP) is 4.53. The van der Waals surface area contributed by atoms with E-state index in [0.29, 0.717) is 11.3 Å². The Morgan fingerprint density at radius 3 is 2.53 bits per heavy atom. The molecule has 0 bridgehead atoms. The molecule has 0 unspecified atom stereocenters. The Kier molecular flexibility index (Phi) is 2.90. The number of rotatable bonds is 3. The molecule has 1 saturated carbocycles. The highest BCUT2D eigenvalue weighted by molar-refractivity contribution is 5.17. The van der Waals surface area contributed by atoms with Crippen LogP contribution in [0.25, 0.3) is 0 Å². The van der Waals surface area contributed by atoms with Crippen molar-refractivity contribution in [3.8, 4) is 0 Å². The van der Waals surface area contributed by atoms with Crippen molar-refractivity contribution in [1.82, 2.24) is 0 Å². The number of furan rings is 1. The van der Waals surface area contributed by atoms with Gasteiger partial charge in [-0.25, -0.2) is 0 Å². The van der Waals surface area contributed by atoms with Crippen LogP contribution in [0.1, 0.15) is 63.7 Å². The molecule has 1 heteroatoms. The molecule has 1 aromatic heterocycles. The highest BCUT2D eigenvalue weighted by atomic mass is 16.3. The fourth-order valence-corrected chi connectivity index (χ4v) is 2.62. The average Bonchev–Trinajstić information content (AvgIpc) is 2.75. The molecule has 2 rings (SSSR count). The van der Waals surface area contributed by atoms with Gasteiger partial charge in [0, 0.05) is 6.42 Å². The van der Waals surface area contributed by atoms with E-state index < -0.39 is 0 Å². The molecule has 0 atom stereocenters. The molecule has 0 spiro atoms. The van der Waals surface area contributed by atoms with Crippen molar-refractivity contribution in [3.63, 3.8) is 0 Å². The molecule has 1 fully saturated rings. The van der Waals surface area contributed by atoms with E-state index in [0.717, 1.165) is 6.42 Å². The van der Waals surface area contributed by atoms with E-state index in [1.807, 2.05) is 6.26 Å². The van der Waals surface area contributed by atoms with Crippen molar-refractivity contribution < 1.29 is 4.42 Å². The summed E-state index contributed by atoms with van der Waals surface area (Å²) in [4.78, 5) is 0. The predicted molar refractivity (Wildman–Crippen MR) is 63.1 cm³/mol.